The van der Waals surface area contributed by atoms with E-state index in [1.54, 1.807) is 0 Å². The summed E-state index contributed by atoms with van der Waals surface area (Å²) >= 11 is 0. The molecular weight excluding hydrogens is 208 g/mol. The average Bonchev–Trinajstić information content (AvgIpc) is 2.63. The lowest BCUT2D eigenvalue weighted by Gasteiger charge is -2.31. The Hall–Kier alpha value is -0.0800. The molecular formula is C15H32N2. The van der Waals surface area contributed by atoms with E-state index in [1.165, 1.54) is 57.9 Å². The van der Waals surface area contributed by atoms with Crippen molar-refractivity contribution in [2.45, 2.75) is 77.3 Å². The number of hydrogen-bond donors (Lipinski definition) is 1. The van der Waals surface area contributed by atoms with Gasteiger partial charge < -0.3 is 10.2 Å². The van der Waals surface area contributed by atoms with Crippen molar-refractivity contribution in [3.05, 3.63) is 0 Å². The zero-order chi connectivity index (χ0) is 12.5. The van der Waals surface area contributed by atoms with Gasteiger partial charge in [0.2, 0.25) is 0 Å². The Morgan fingerprint density at radius 3 is 2.29 bits per heavy atom. The zero-order valence-corrected chi connectivity index (χ0v) is 12.2. The van der Waals surface area contributed by atoms with Crippen LogP contribution in [-0.2, 0) is 0 Å². The van der Waals surface area contributed by atoms with Gasteiger partial charge in [0.15, 0.2) is 0 Å². The van der Waals surface area contributed by atoms with Crippen molar-refractivity contribution in [3.8, 4) is 0 Å². The SMILES string of the molecule is CCCNC(CC)CN(C)C1CCCCCC1. The molecule has 0 aromatic rings. The standard InChI is InChI=1S/C15H32N2/c1-4-12-16-14(5-2)13-17(3)15-10-8-6-7-9-11-15/h14-16H,4-13H2,1-3H3. The Kier molecular flexibility index (Phi) is 7.87. The first-order chi connectivity index (χ1) is 8.27. The highest BCUT2D eigenvalue weighted by Crippen LogP contribution is 2.21. The summed E-state index contributed by atoms with van der Waals surface area (Å²) in [5.74, 6) is 0. The van der Waals surface area contributed by atoms with Gasteiger partial charge >= 0.3 is 0 Å². The maximum absolute atomic E-state index is 3.66. The summed E-state index contributed by atoms with van der Waals surface area (Å²) in [6.07, 6.45) is 11.1. The van der Waals surface area contributed by atoms with Gasteiger partial charge in [0.05, 0.1) is 0 Å². The molecule has 0 aliphatic heterocycles. The second-order valence-electron chi connectivity index (χ2n) is 5.64. The maximum atomic E-state index is 3.66. The van der Waals surface area contributed by atoms with E-state index in [2.05, 4.69) is 31.1 Å². The molecule has 102 valence electrons. The summed E-state index contributed by atoms with van der Waals surface area (Å²) in [6.45, 7) is 6.93. The Labute approximate surface area is 108 Å². The number of hydrogen-bond acceptors (Lipinski definition) is 2. The minimum absolute atomic E-state index is 0.684. The van der Waals surface area contributed by atoms with Crippen LogP contribution in [0.25, 0.3) is 0 Å². The van der Waals surface area contributed by atoms with E-state index in [0.29, 0.717) is 6.04 Å². The fraction of sp³-hybridized carbons (Fsp3) is 1.00. The van der Waals surface area contributed by atoms with Crippen molar-refractivity contribution in [2.75, 3.05) is 20.1 Å². The molecule has 1 unspecified atom stereocenters. The molecule has 1 rings (SSSR count). The van der Waals surface area contributed by atoms with Gasteiger partial charge in [0.1, 0.15) is 0 Å². The second-order valence-corrected chi connectivity index (χ2v) is 5.64. The molecule has 1 saturated carbocycles. The molecule has 1 aliphatic rings. The first-order valence-electron chi connectivity index (χ1n) is 7.71. The summed E-state index contributed by atoms with van der Waals surface area (Å²) in [4.78, 5) is 2.61. The van der Waals surface area contributed by atoms with Crippen LogP contribution in [-0.4, -0.2) is 37.1 Å². The smallest absolute Gasteiger partial charge is 0.0192 e. The van der Waals surface area contributed by atoms with Gasteiger partial charge in [0.25, 0.3) is 0 Å². The quantitative estimate of drug-likeness (QED) is 0.686. The molecule has 0 saturated heterocycles. The first-order valence-corrected chi connectivity index (χ1v) is 7.71. The normalized spacial score (nSPS) is 20.5. The van der Waals surface area contributed by atoms with Crippen LogP contribution in [0.5, 0.6) is 0 Å². The monoisotopic (exact) mass is 240 g/mol. The van der Waals surface area contributed by atoms with Crippen molar-refractivity contribution in [3.63, 3.8) is 0 Å². The molecule has 17 heavy (non-hydrogen) atoms. The third-order valence-electron chi connectivity index (χ3n) is 4.13. The van der Waals surface area contributed by atoms with E-state index >= 15 is 0 Å². The van der Waals surface area contributed by atoms with Gasteiger partial charge in [-0.1, -0.05) is 39.5 Å². The predicted molar refractivity (Wildman–Crippen MR) is 76.5 cm³/mol. The first kappa shape index (κ1) is 15.0. The highest BCUT2D eigenvalue weighted by Gasteiger charge is 2.18. The molecule has 1 N–H and O–H groups in total. The topological polar surface area (TPSA) is 15.3 Å². The summed E-state index contributed by atoms with van der Waals surface area (Å²) in [7, 11) is 2.33. The van der Waals surface area contributed by atoms with Crippen molar-refractivity contribution in [1.29, 1.82) is 0 Å². The molecule has 0 aromatic heterocycles. The van der Waals surface area contributed by atoms with Crippen molar-refractivity contribution < 1.29 is 0 Å². The molecule has 0 amide bonds. The third-order valence-corrected chi connectivity index (χ3v) is 4.13. The fourth-order valence-corrected chi connectivity index (χ4v) is 2.88. The summed E-state index contributed by atoms with van der Waals surface area (Å²) in [5, 5.41) is 3.66. The van der Waals surface area contributed by atoms with Crippen molar-refractivity contribution in [1.82, 2.24) is 10.2 Å². The zero-order valence-electron chi connectivity index (χ0n) is 12.2. The maximum Gasteiger partial charge on any atom is 0.0192 e. The number of nitrogens with zero attached hydrogens (tertiary/aromatic N) is 1. The summed E-state index contributed by atoms with van der Waals surface area (Å²) in [6, 6.07) is 1.53. The van der Waals surface area contributed by atoms with Gasteiger partial charge in [-0.25, -0.2) is 0 Å². The molecule has 1 fully saturated rings. The van der Waals surface area contributed by atoms with Crippen LogP contribution in [0, 0.1) is 0 Å². The Balaban J connectivity index is 2.31. The molecule has 0 spiro atoms. The lowest BCUT2D eigenvalue weighted by molar-refractivity contribution is 0.196. The Morgan fingerprint density at radius 1 is 1.12 bits per heavy atom. The van der Waals surface area contributed by atoms with Gasteiger partial charge in [-0.15, -0.1) is 0 Å². The predicted octanol–water partition coefficient (Wildman–Crippen LogP) is 3.42. The van der Waals surface area contributed by atoms with Crippen LogP contribution in [0.4, 0.5) is 0 Å². The Morgan fingerprint density at radius 2 is 1.76 bits per heavy atom. The van der Waals surface area contributed by atoms with E-state index in [4.69, 9.17) is 0 Å². The molecule has 2 heteroatoms. The van der Waals surface area contributed by atoms with E-state index in [0.717, 1.165) is 12.6 Å². The van der Waals surface area contributed by atoms with Crippen LogP contribution < -0.4 is 5.32 Å². The highest BCUT2D eigenvalue weighted by molar-refractivity contribution is 4.76. The van der Waals surface area contributed by atoms with E-state index in [-0.39, 0.29) is 0 Å². The number of nitrogens with one attached hydrogen (secondary N) is 1. The fourth-order valence-electron chi connectivity index (χ4n) is 2.88. The number of rotatable bonds is 7. The minimum atomic E-state index is 0.684. The molecule has 0 aromatic carbocycles. The third kappa shape index (κ3) is 5.87. The minimum Gasteiger partial charge on any atom is -0.313 e. The van der Waals surface area contributed by atoms with Crippen molar-refractivity contribution in [2.24, 2.45) is 0 Å². The second kappa shape index (κ2) is 8.93. The van der Waals surface area contributed by atoms with Gasteiger partial charge in [0, 0.05) is 18.6 Å². The molecule has 0 heterocycles. The highest BCUT2D eigenvalue weighted by atomic mass is 15.2. The molecule has 1 atom stereocenters. The van der Waals surface area contributed by atoms with Crippen LogP contribution in [0.3, 0.4) is 0 Å². The lowest BCUT2D eigenvalue weighted by Crippen LogP contribution is -2.43. The average molecular weight is 240 g/mol. The van der Waals surface area contributed by atoms with Gasteiger partial charge in [-0.05, 0) is 39.3 Å². The van der Waals surface area contributed by atoms with Gasteiger partial charge in [-0.2, -0.15) is 0 Å². The largest absolute Gasteiger partial charge is 0.313 e. The van der Waals surface area contributed by atoms with Crippen LogP contribution in [0.15, 0.2) is 0 Å². The van der Waals surface area contributed by atoms with E-state index in [1.807, 2.05) is 0 Å². The van der Waals surface area contributed by atoms with E-state index < -0.39 is 0 Å². The number of likely N-dealkylation sites (N-methyl/N-ethyl adjacent to an activating group) is 1. The van der Waals surface area contributed by atoms with Crippen LogP contribution >= 0.6 is 0 Å². The molecule has 0 radical (unpaired) electrons. The summed E-state index contributed by atoms with van der Waals surface area (Å²) < 4.78 is 0. The molecule has 1 aliphatic carbocycles. The van der Waals surface area contributed by atoms with Crippen LogP contribution in [0.2, 0.25) is 0 Å². The van der Waals surface area contributed by atoms with Crippen molar-refractivity contribution >= 4 is 0 Å². The lowest BCUT2D eigenvalue weighted by atomic mass is 10.1. The van der Waals surface area contributed by atoms with E-state index in [9.17, 15) is 0 Å². The van der Waals surface area contributed by atoms with Crippen LogP contribution in [0.1, 0.15) is 65.2 Å². The molecule has 0 bridgehead atoms. The molecule has 2 nitrogen and oxygen atoms in total. The summed E-state index contributed by atoms with van der Waals surface area (Å²) in [5.41, 5.74) is 0. The van der Waals surface area contributed by atoms with Gasteiger partial charge in [-0.3, -0.25) is 0 Å². The Bertz CT molecular complexity index is 174.